The van der Waals surface area contributed by atoms with Crippen LogP contribution >= 0.6 is 0 Å². The third kappa shape index (κ3) is 3.12. The van der Waals surface area contributed by atoms with Crippen LogP contribution < -0.4 is 5.32 Å². The van der Waals surface area contributed by atoms with E-state index in [1.165, 1.54) is 0 Å². The van der Waals surface area contributed by atoms with E-state index < -0.39 is 11.4 Å². The number of carboxylic acids is 1. The maximum atomic E-state index is 12.0. The second-order valence-corrected chi connectivity index (χ2v) is 5.89. The standard InChI is InChI=1S/C14H23NO5/c1-19-14(3-2-4-14)9-11(16)15-10-13(12(17)18)5-7-20-8-6-13/h2-10H2,1H3,(H,15,16)(H,17,18). The van der Waals surface area contributed by atoms with Crippen molar-refractivity contribution in [2.45, 2.75) is 44.1 Å². The fourth-order valence-electron chi connectivity index (χ4n) is 2.88. The summed E-state index contributed by atoms with van der Waals surface area (Å²) >= 11 is 0. The summed E-state index contributed by atoms with van der Waals surface area (Å²) in [5.74, 6) is -0.982. The van der Waals surface area contributed by atoms with Crippen molar-refractivity contribution in [3.05, 3.63) is 0 Å². The van der Waals surface area contributed by atoms with Gasteiger partial charge in [-0.15, -0.1) is 0 Å². The van der Waals surface area contributed by atoms with Gasteiger partial charge in [0.1, 0.15) is 0 Å². The quantitative estimate of drug-likeness (QED) is 0.759. The lowest BCUT2D eigenvalue weighted by atomic mass is 9.77. The molecule has 1 saturated heterocycles. The molecule has 1 saturated carbocycles. The monoisotopic (exact) mass is 285 g/mol. The molecule has 2 rings (SSSR count). The van der Waals surface area contributed by atoms with Gasteiger partial charge in [0.05, 0.1) is 17.4 Å². The average molecular weight is 285 g/mol. The first kappa shape index (κ1) is 15.3. The summed E-state index contributed by atoms with van der Waals surface area (Å²) in [7, 11) is 1.63. The number of carboxylic acid groups (broad SMARTS) is 1. The Morgan fingerprint density at radius 2 is 1.90 bits per heavy atom. The smallest absolute Gasteiger partial charge is 0.311 e. The first-order valence-electron chi connectivity index (χ1n) is 7.15. The van der Waals surface area contributed by atoms with Gasteiger partial charge in [0.2, 0.25) is 5.91 Å². The van der Waals surface area contributed by atoms with Crippen LogP contribution in [-0.4, -0.2) is 49.5 Å². The van der Waals surface area contributed by atoms with E-state index in [2.05, 4.69) is 5.32 Å². The van der Waals surface area contributed by atoms with E-state index in [1.54, 1.807) is 7.11 Å². The van der Waals surface area contributed by atoms with E-state index >= 15 is 0 Å². The third-order valence-corrected chi connectivity index (χ3v) is 4.71. The summed E-state index contributed by atoms with van der Waals surface area (Å²) in [5.41, 5.74) is -1.20. The van der Waals surface area contributed by atoms with Gasteiger partial charge >= 0.3 is 5.97 Å². The Bertz CT molecular complexity index is 366. The molecular weight excluding hydrogens is 262 g/mol. The zero-order chi connectivity index (χ0) is 14.6. The summed E-state index contributed by atoms with van der Waals surface area (Å²) < 4.78 is 10.6. The summed E-state index contributed by atoms with van der Waals surface area (Å²) in [6, 6.07) is 0. The Morgan fingerprint density at radius 1 is 1.25 bits per heavy atom. The highest BCUT2D eigenvalue weighted by molar-refractivity contribution is 5.80. The van der Waals surface area contributed by atoms with E-state index in [1.807, 2.05) is 0 Å². The summed E-state index contributed by atoms with van der Waals surface area (Å²) in [5, 5.41) is 12.2. The fraction of sp³-hybridized carbons (Fsp3) is 0.857. The number of rotatable bonds is 6. The Balaban J connectivity index is 1.86. The Kier molecular flexibility index (Phi) is 4.65. The predicted molar refractivity (Wildman–Crippen MR) is 71.3 cm³/mol. The number of aliphatic carboxylic acids is 1. The Labute approximate surface area is 118 Å². The van der Waals surface area contributed by atoms with Crippen LogP contribution in [0.5, 0.6) is 0 Å². The molecule has 1 aliphatic carbocycles. The predicted octanol–water partition coefficient (Wildman–Crippen LogP) is 0.943. The number of carbonyl (C=O) groups is 2. The van der Waals surface area contributed by atoms with Crippen molar-refractivity contribution in [1.29, 1.82) is 0 Å². The molecule has 0 spiro atoms. The largest absolute Gasteiger partial charge is 0.481 e. The summed E-state index contributed by atoms with van der Waals surface area (Å²) in [4.78, 5) is 23.5. The lowest BCUT2D eigenvalue weighted by Gasteiger charge is -2.40. The number of hydrogen-bond donors (Lipinski definition) is 2. The van der Waals surface area contributed by atoms with Crippen LogP contribution in [0.25, 0.3) is 0 Å². The SMILES string of the molecule is COC1(CC(=O)NCC2(C(=O)O)CCOCC2)CCC1. The molecule has 0 aromatic heterocycles. The zero-order valence-electron chi connectivity index (χ0n) is 11.9. The van der Waals surface area contributed by atoms with Crippen LogP contribution in [0.4, 0.5) is 0 Å². The molecule has 0 bridgehead atoms. The van der Waals surface area contributed by atoms with Gasteiger partial charge in [-0.05, 0) is 32.1 Å². The molecule has 114 valence electrons. The van der Waals surface area contributed by atoms with Crippen LogP contribution in [0.15, 0.2) is 0 Å². The van der Waals surface area contributed by atoms with E-state index in [-0.39, 0.29) is 18.1 Å². The van der Waals surface area contributed by atoms with E-state index in [9.17, 15) is 14.7 Å². The Hall–Kier alpha value is -1.14. The van der Waals surface area contributed by atoms with Crippen LogP contribution in [0.2, 0.25) is 0 Å². The number of ether oxygens (including phenoxy) is 2. The van der Waals surface area contributed by atoms with Crippen molar-refractivity contribution in [1.82, 2.24) is 5.32 Å². The Morgan fingerprint density at radius 3 is 2.35 bits per heavy atom. The topological polar surface area (TPSA) is 84.9 Å². The number of methoxy groups -OCH3 is 1. The number of amides is 1. The lowest BCUT2D eigenvalue weighted by molar-refractivity contribution is -0.155. The minimum Gasteiger partial charge on any atom is -0.481 e. The first-order valence-corrected chi connectivity index (χ1v) is 7.15. The molecule has 6 nitrogen and oxygen atoms in total. The average Bonchev–Trinajstić information content (AvgIpc) is 2.41. The molecule has 20 heavy (non-hydrogen) atoms. The van der Waals surface area contributed by atoms with Gasteiger partial charge in [0, 0.05) is 26.9 Å². The van der Waals surface area contributed by atoms with Gasteiger partial charge in [0.25, 0.3) is 0 Å². The van der Waals surface area contributed by atoms with Crippen molar-refractivity contribution in [3.8, 4) is 0 Å². The van der Waals surface area contributed by atoms with Gasteiger partial charge in [-0.2, -0.15) is 0 Å². The molecule has 2 N–H and O–H groups in total. The molecule has 0 unspecified atom stereocenters. The van der Waals surface area contributed by atoms with Crippen molar-refractivity contribution in [2.75, 3.05) is 26.9 Å². The van der Waals surface area contributed by atoms with E-state index in [0.717, 1.165) is 19.3 Å². The zero-order valence-corrected chi connectivity index (χ0v) is 11.9. The number of hydrogen-bond acceptors (Lipinski definition) is 4. The molecule has 2 aliphatic rings. The first-order chi connectivity index (χ1) is 9.52. The molecule has 6 heteroatoms. The van der Waals surface area contributed by atoms with Crippen molar-refractivity contribution in [2.24, 2.45) is 5.41 Å². The van der Waals surface area contributed by atoms with Crippen molar-refractivity contribution >= 4 is 11.9 Å². The van der Waals surface area contributed by atoms with Gasteiger partial charge in [-0.1, -0.05) is 0 Å². The summed E-state index contributed by atoms with van der Waals surface area (Å²) in [6.07, 6.45) is 4.08. The molecule has 2 fully saturated rings. The van der Waals surface area contributed by atoms with Gasteiger partial charge in [0.15, 0.2) is 0 Å². The summed E-state index contributed by atoms with van der Waals surface area (Å²) in [6.45, 7) is 1.04. The van der Waals surface area contributed by atoms with E-state index in [4.69, 9.17) is 9.47 Å². The van der Waals surface area contributed by atoms with Gasteiger partial charge < -0.3 is 19.9 Å². The molecule has 0 aromatic carbocycles. The lowest BCUT2D eigenvalue weighted by Crippen LogP contribution is -2.49. The highest BCUT2D eigenvalue weighted by Crippen LogP contribution is 2.38. The van der Waals surface area contributed by atoms with Crippen molar-refractivity contribution < 1.29 is 24.2 Å². The highest BCUT2D eigenvalue weighted by Gasteiger charge is 2.42. The minimum atomic E-state index is -0.881. The third-order valence-electron chi connectivity index (χ3n) is 4.71. The maximum Gasteiger partial charge on any atom is 0.311 e. The maximum absolute atomic E-state index is 12.0. The van der Waals surface area contributed by atoms with Crippen LogP contribution in [0.3, 0.4) is 0 Å². The van der Waals surface area contributed by atoms with Crippen molar-refractivity contribution in [3.63, 3.8) is 0 Å². The molecule has 0 radical (unpaired) electrons. The minimum absolute atomic E-state index is 0.126. The molecule has 1 amide bonds. The molecular formula is C14H23NO5. The van der Waals surface area contributed by atoms with Gasteiger partial charge in [-0.25, -0.2) is 0 Å². The molecule has 1 heterocycles. The fourth-order valence-corrected chi connectivity index (χ4v) is 2.88. The molecule has 0 aromatic rings. The van der Waals surface area contributed by atoms with Gasteiger partial charge in [-0.3, -0.25) is 9.59 Å². The second-order valence-electron chi connectivity index (χ2n) is 5.89. The normalized spacial score (nSPS) is 23.6. The highest BCUT2D eigenvalue weighted by atomic mass is 16.5. The molecule has 1 aliphatic heterocycles. The van der Waals surface area contributed by atoms with Crippen LogP contribution in [0, 0.1) is 5.41 Å². The van der Waals surface area contributed by atoms with Crippen LogP contribution in [0.1, 0.15) is 38.5 Å². The molecule has 0 atom stereocenters. The second kappa shape index (κ2) is 6.10. The number of carbonyl (C=O) groups excluding carboxylic acids is 1. The van der Waals surface area contributed by atoms with E-state index in [0.29, 0.717) is 32.5 Å². The number of nitrogens with one attached hydrogen (secondary N) is 1. The van der Waals surface area contributed by atoms with Crippen LogP contribution in [-0.2, 0) is 19.1 Å².